The zero-order valence-electron chi connectivity index (χ0n) is 13.0. The standard InChI is InChI=1S/C20H14N2O2/c1-24-12-8-6-11-7-9-14-17-19(22-18(14)15(11)10-12)13-4-2-3-5-16(13)21-20(17)23/h2-10,22H,1H3,(H,21,23). The van der Waals surface area contributed by atoms with Gasteiger partial charge in [0.15, 0.2) is 0 Å². The number of fused-ring (bicyclic) bond motifs is 7. The second-order valence-electron chi connectivity index (χ2n) is 5.95. The first kappa shape index (κ1) is 13.2. The lowest BCUT2D eigenvalue weighted by atomic mass is 10.1. The molecule has 0 amide bonds. The molecule has 24 heavy (non-hydrogen) atoms. The van der Waals surface area contributed by atoms with Crippen LogP contribution in [-0.4, -0.2) is 17.1 Å². The van der Waals surface area contributed by atoms with Gasteiger partial charge in [0.1, 0.15) is 5.75 Å². The Hall–Kier alpha value is -3.27. The molecule has 0 saturated heterocycles. The first-order valence-corrected chi connectivity index (χ1v) is 7.79. The molecule has 4 nitrogen and oxygen atoms in total. The summed E-state index contributed by atoms with van der Waals surface area (Å²) in [5, 5.41) is 4.80. The molecule has 116 valence electrons. The van der Waals surface area contributed by atoms with E-state index in [1.165, 1.54) is 0 Å². The van der Waals surface area contributed by atoms with Crippen LogP contribution in [0.4, 0.5) is 0 Å². The molecule has 0 aliphatic heterocycles. The predicted molar refractivity (Wildman–Crippen MR) is 98.0 cm³/mol. The van der Waals surface area contributed by atoms with Gasteiger partial charge in [-0.15, -0.1) is 0 Å². The Morgan fingerprint density at radius 2 is 1.67 bits per heavy atom. The number of benzene rings is 3. The van der Waals surface area contributed by atoms with Crippen molar-refractivity contribution in [3.05, 3.63) is 65.0 Å². The summed E-state index contributed by atoms with van der Waals surface area (Å²) < 4.78 is 5.36. The van der Waals surface area contributed by atoms with Gasteiger partial charge in [0.2, 0.25) is 0 Å². The number of H-pyrrole nitrogens is 2. The van der Waals surface area contributed by atoms with Crippen LogP contribution in [0.2, 0.25) is 0 Å². The lowest BCUT2D eigenvalue weighted by molar-refractivity contribution is 0.415. The SMILES string of the molecule is COc1ccc2ccc3c([nH]c4c5ccccc5[nH]c(=O)c34)c2c1. The number of aromatic amines is 2. The molecule has 5 rings (SSSR count). The van der Waals surface area contributed by atoms with Gasteiger partial charge in [-0.1, -0.05) is 36.4 Å². The second kappa shape index (κ2) is 4.61. The van der Waals surface area contributed by atoms with Gasteiger partial charge in [-0.2, -0.15) is 0 Å². The molecule has 0 aliphatic rings. The number of methoxy groups -OCH3 is 1. The molecule has 3 aromatic carbocycles. The van der Waals surface area contributed by atoms with Crippen LogP contribution >= 0.6 is 0 Å². The van der Waals surface area contributed by atoms with Crippen LogP contribution in [0.1, 0.15) is 0 Å². The minimum absolute atomic E-state index is 0.0720. The topological polar surface area (TPSA) is 57.9 Å². The van der Waals surface area contributed by atoms with E-state index < -0.39 is 0 Å². The van der Waals surface area contributed by atoms with Gasteiger partial charge in [-0.25, -0.2) is 0 Å². The van der Waals surface area contributed by atoms with Crippen molar-refractivity contribution < 1.29 is 4.74 Å². The fourth-order valence-electron chi connectivity index (χ4n) is 3.52. The van der Waals surface area contributed by atoms with Gasteiger partial charge in [0.25, 0.3) is 5.56 Å². The van der Waals surface area contributed by atoms with Crippen LogP contribution in [0.5, 0.6) is 5.75 Å². The number of para-hydroxylation sites is 1. The molecule has 2 aromatic heterocycles. The Balaban J connectivity index is 2.07. The Morgan fingerprint density at radius 3 is 2.54 bits per heavy atom. The highest BCUT2D eigenvalue weighted by molar-refractivity contribution is 6.21. The van der Waals surface area contributed by atoms with Crippen LogP contribution in [0, 0.1) is 0 Å². The maximum Gasteiger partial charge on any atom is 0.258 e. The highest BCUT2D eigenvalue weighted by atomic mass is 16.5. The molecule has 4 heteroatoms. The normalized spacial score (nSPS) is 11.7. The van der Waals surface area contributed by atoms with Crippen molar-refractivity contribution in [3.8, 4) is 5.75 Å². The third-order valence-corrected chi connectivity index (χ3v) is 4.67. The lowest BCUT2D eigenvalue weighted by Crippen LogP contribution is -2.05. The Labute approximate surface area is 136 Å². The van der Waals surface area contributed by atoms with Crippen molar-refractivity contribution >= 4 is 43.5 Å². The Kier molecular flexibility index (Phi) is 2.54. The fraction of sp³-hybridized carbons (Fsp3) is 0.0500. The molecule has 0 bridgehead atoms. The van der Waals surface area contributed by atoms with E-state index in [9.17, 15) is 4.79 Å². The molecule has 0 unspecified atom stereocenters. The Morgan fingerprint density at radius 1 is 0.833 bits per heavy atom. The van der Waals surface area contributed by atoms with Gasteiger partial charge in [0.05, 0.1) is 29.0 Å². The minimum atomic E-state index is -0.0720. The number of pyridine rings is 1. The van der Waals surface area contributed by atoms with Crippen molar-refractivity contribution in [2.75, 3.05) is 7.11 Å². The number of ether oxygens (including phenoxy) is 1. The van der Waals surface area contributed by atoms with Crippen molar-refractivity contribution in [2.45, 2.75) is 0 Å². The quantitative estimate of drug-likeness (QED) is 0.484. The third kappa shape index (κ3) is 1.65. The summed E-state index contributed by atoms with van der Waals surface area (Å²) in [6.07, 6.45) is 0. The summed E-state index contributed by atoms with van der Waals surface area (Å²) in [6.45, 7) is 0. The van der Waals surface area contributed by atoms with E-state index in [1.807, 2.05) is 54.6 Å². The lowest BCUT2D eigenvalue weighted by Gasteiger charge is -2.03. The van der Waals surface area contributed by atoms with Gasteiger partial charge in [-0.3, -0.25) is 4.79 Å². The van der Waals surface area contributed by atoms with Crippen LogP contribution in [0.15, 0.2) is 59.4 Å². The maximum absolute atomic E-state index is 12.6. The molecule has 0 saturated carbocycles. The summed E-state index contributed by atoms with van der Waals surface area (Å²) >= 11 is 0. The molecular formula is C20H14N2O2. The van der Waals surface area contributed by atoms with E-state index >= 15 is 0 Å². The first-order valence-electron chi connectivity index (χ1n) is 7.79. The van der Waals surface area contributed by atoms with Crippen molar-refractivity contribution in [1.29, 1.82) is 0 Å². The van der Waals surface area contributed by atoms with Crippen molar-refractivity contribution in [2.24, 2.45) is 0 Å². The minimum Gasteiger partial charge on any atom is -0.497 e. The van der Waals surface area contributed by atoms with E-state index in [0.717, 1.165) is 43.8 Å². The zero-order valence-corrected chi connectivity index (χ0v) is 13.0. The van der Waals surface area contributed by atoms with Crippen molar-refractivity contribution in [1.82, 2.24) is 9.97 Å². The number of nitrogens with one attached hydrogen (secondary N) is 2. The molecule has 0 radical (unpaired) electrons. The smallest absolute Gasteiger partial charge is 0.258 e. The molecule has 2 heterocycles. The zero-order chi connectivity index (χ0) is 16.3. The molecule has 0 atom stereocenters. The predicted octanol–water partition coefficient (Wildman–Crippen LogP) is 4.32. The summed E-state index contributed by atoms with van der Waals surface area (Å²) in [7, 11) is 1.66. The van der Waals surface area contributed by atoms with Gasteiger partial charge in [0, 0.05) is 16.2 Å². The van der Waals surface area contributed by atoms with E-state index in [1.54, 1.807) is 7.11 Å². The highest BCUT2D eigenvalue weighted by Gasteiger charge is 2.13. The fourth-order valence-corrected chi connectivity index (χ4v) is 3.52. The van der Waals surface area contributed by atoms with Crippen LogP contribution in [-0.2, 0) is 0 Å². The molecule has 2 N–H and O–H groups in total. The summed E-state index contributed by atoms with van der Waals surface area (Å²) in [5.74, 6) is 0.799. The average molecular weight is 314 g/mol. The maximum atomic E-state index is 12.6. The van der Waals surface area contributed by atoms with Gasteiger partial charge < -0.3 is 14.7 Å². The number of hydrogen-bond donors (Lipinski definition) is 2. The summed E-state index contributed by atoms with van der Waals surface area (Å²) in [6, 6.07) is 17.9. The largest absolute Gasteiger partial charge is 0.497 e. The number of hydrogen-bond acceptors (Lipinski definition) is 2. The third-order valence-electron chi connectivity index (χ3n) is 4.67. The average Bonchev–Trinajstić information content (AvgIpc) is 3.02. The monoisotopic (exact) mass is 314 g/mol. The van der Waals surface area contributed by atoms with Gasteiger partial charge in [-0.05, 0) is 23.6 Å². The molecule has 5 aromatic rings. The van der Waals surface area contributed by atoms with E-state index in [4.69, 9.17) is 4.74 Å². The summed E-state index contributed by atoms with van der Waals surface area (Å²) in [5.41, 5.74) is 2.60. The van der Waals surface area contributed by atoms with Crippen molar-refractivity contribution in [3.63, 3.8) is 0 Å². The Bertz CT molecular complexity index is 1310. The number of rotatable bonds is 1. The van der Waals surface area contributed by atoms with E-state index in [-0.39, 0.29) is 5.56 Å². The van der Waals surface area contributed by atoms with E-state index in [0.29, 0.717) is 5.39 Å². The molecule has 0 aliphatic carbocycles. The number of aromatic nitrogens is 2. The van der Waals surface area contributed by atoms with E-state index in [2.05, 4.69) is 9.97 Å². The first-order chi connectivity index (χ1) is 11.8. The van der Waals surface area contributed by atoms with Crippen LogP contribution in [0.3, 0.4) is 0 Å². The second-order valence-corrected chi connectivity index (χ2v) is 5.95. The molecule has 0 fully saturated rings. The van der Waals surface area contributed by atoms with Crippen LogP contribution in [0.25, 0.3) is 43.5 Å². The van der Waals surface area contributed by atoms with Crippen LogP contribution < -0.4 is 10.3 Å². The molecule has 0 spiro atoms. The van der Waals surface area contributed by atoms with Gasteiger partial charge >= 0.3 is 0 Å². The highest BCUT2D eigenvalue weighted by Crippen LogP contribution is 2.33. The molecular weight excluding hydrogens is 300 g/mol. The summed E-state index contributed by atoms with van der Waals surface area (Å²) in [4.78, 5) is 19.1.